The van der Waals surface area contributed by atoms with Crippen LogP contribution in [0.1, 0.15) is 12.2 Å². The van der Waals surface area contributed by atoms with Crippen LogP contribution in [0.3, 0.4) is 0 Å². The van der Waals surface area contributed by atoms with Crippen LogP contribution in [0, 0.1) is 11.3 Å². The topological polar surface area (TPSA) is 40.2 Å². The highest BCUT2D eigenvalue weighted by Crippen LogP contribution is 2.15. The highest BCUT2D eigenvalue weighted by molar-refractivity contribution is 9.10. The van der Waals surface area contributed by atoms with Gasteiger partial charge in [-0.15, -0.1) is 0 Å². The third-order valence-electron chi connectivity index (χ3n) is 1.66. The lowest BCUT2D eigenvalue weighted by Crippen LogP contribution is -2.18. The van der Waals surface area contributed by atoms with Crippen LogP contribution >= 0.6 is 15.9 Å². The summed E-state index contributed by atoms with van der Waals surface area (Å²) in [6, 6.07) is 5.90. The molecule has 0 spiro atoms. The standard InChI is InChI=1S/C9H11BrN2O/c1-12(6-2-5-11)7-8-3-4-9(10)13-8/h3-4H,2,6-7H2,1H3. The van der Waals surface area contributed by atoms with Crippen LogP contribution in [0.4, 0.5) is 0 Å². The summed E-state index contributed by atoms with van der Waals surface area (Å²) in [6.07, 6.45) is 0.554. The molecule has 0 N–H and O–H groups in total. The fraction of sp³-hybridized carbons (Fsp3) is 0.444. The number of hydrogen-bond donors (Lipinski definition) is 0. The minimum atomic E-state index is 0.554. The van der Waals surface area contributed by atoms with E-state index in [0.29, 0.717) is 6.42 Å². The summed E-state index contributed by atoms with van der Waals surface area (Å²) in [5, 5.41) is 8.38. The Kier molecular flexibility index (Phi) is 4.00. The van der Waals surface area contributed by atoms with Crippen molar-refractivity contribution in [3.8, 4) is 6.07 Å². The molecule has 0 aliphatic heterocycles. The van der Waals surface area contributed by atoms with E-state index < -0.39 is 0 Å². The molecule has 0 saturated heterocycles. The quantitative estimate of drug-likeness (QED) is 0.815. The second kappa shape index (κ2) is 5.05. The highest BCUT2D eigenvalue weighted by Gasteiger charge is 2.03. The second-order valence-electron chi connectivity index (χ2n) is 2.85. The summed E-state index contributed by atoms with van der Waals surface area (Å²) in [4.78, 5) is 2.05. The van der Waals surface area contributed by atoms with Gasteiger partial charge in [-0.2, -0.15) is 5.26 Å². The van der Waals surface area contributed by atoms with Crippen molar-refractivity contribution in [2.45, 2.75) is 13.0 Å². The first-order chi connectivity index (χ1) is 6.22. The summed E-state index contributed by atoms with van der Waals surface area (Å²) >= 11 is 3.24. The van der Waals surface area contributed by atoms with E-state index in [4.69, 9.17) is 9.68 Å². The molecule has 1 heterocycles. The van der Waals surface area contributed by atoms with Gasteiger partial charge in [0, 0.05) is 13.0 Å². The summed E-state index contributed by atoms with van der Waals surface area (Å²) in [7, 11) is 1.97. The molecule has 13 heavy (non-hydrogen) atoms. The lowest BCUT2D eigenvalue weighted by Gasteiger charge is -2.11. The molecule has 1 aromatic rings. The van der Waals surface area contributed by atoms with Crippen LogP contribution < -0.4 is 0 Å². The fourth-order valence-corrected chi connectivity index (χ4v) is 1.36. The van der Waals surface area contributed by atoms with Crippen molar-refractivity contribution in [2.75, 3.05) is 13.6 Å². The van der Waals surface area contributed by atoms with Crippen molar-refractivity contribution >= 4 is 15.9 Å². The van der Waals surface area contributed by atoms with E-state index >= 15 is 0 Å². The molecule has 0 amide bonds. The molecule has 0 fully saturated rings. The van der Waals surface area contributed by atoms with Crippen molar-refractivity contribution in [3.05, 3.63) is 22.6 Å². The minimum absolute atomic E-state index is 0.554. The van der Waals surface area contributed by atoms with E-state index in [0.717, 1.165) is 23.5 Å². The lowest BCUT2D eigenvalue weighted by molar-refractivity contribution is 0.298. The molecule has 1 rings (SSSR count). The molecule has 4 heteroatoms. The lowest BCUT2D eigenvalue weighted by atomic mass is 10.4. The number of hydrogen-bond acceptors (Lipinski definition) is 3. The largest absolute Gasteiger partial charge is 0.453 e. The van der Waals surface area contributed by atoms with E-state index in [9.17, 15) is 0 Å². The fourth-order valence-electron chi connectivity index (χ4n) is 1.02. The van der Waals surface area contributed by atoms with E-state index in [-0.39, 0.29) is 0 Å². The Morgan fingerprint density at radius 3 is 2.92 bits per heavy atom. The van der Waals surface area contributed by atoms with E-state index in [2.05, 4.69) is 26.9 Å². The van der Waals surface area contributed by atoms with Crippen molar-refractivity contribution in [2.24, 2.45) is 0 Å². The molecule has 0 atom stereocenters. The van der Waals surface area contributed by atoms with E-state index in [1.54, 1.807) is 0 Å². The maximum Gasteiger partial charge on any atom is 0.169 e. The average Bonchev–Trinajstić information content (AvgIpc) is 2.48. The monoisotopic (exact) mass is 242 g/mol. The van der Waals surface area contributed by atoms with Crippen LogP contribution in [0.15, 0.2) is 21.2 Å². The van der Waals surface area contributed by atoms with Gasteiger partial charge >= 0.3 is 0 Å². The SMILES string of the molecule is CN(CCC#N)Cc1ccc(Br)o1. The zero-order valence-corrected chi connectivity index (χ0v) is 9.04. The molecular weight excluding hydrogens is 232 g/mol. The van der Waals surface area contributed by atoms with Crippen molar-refractivity contribution in [1.29, 1.82) is 5.26 Å². The second-order valence-corrected chi connectivity index (χ2v) is 3.63. The molecule has 0 aliphatic carbocycles. The van der Waals surface area contributed by atoms with Crippen LogP contribution in [0.5, 0.6) is 0 Å². The smallest absolute Gasteiger partial charge is 0.169 e. The molecule has 0 radical (unpaired) electrons. The molecule has 0 bridgehead atoms. The van der Waals surface area contributed by atoms with Crippen LogP contribution in [0.25, 0.3) is 0 Å². The zero-order valence-electron chi connectivity index (χ0n) is 7.46. The van der Waals surface area contributed by atoms with Crippen LogP contribution in [-0.4, -0.2) is 18.5 Å². The van der Waals surface area contributed by atoms with Gasteiger partial charge in [0.05, 0.1) is 12.6 Å². The molecule has 1 aromatic heterocycles. The zero-order chi connectivity index (χ0) is 9.68. The van der Waals surface area contributed by atoms with E-state index in [1.807, 2.05) is 19.2 Å². The van der Waals surface area contributed by atoms with Gasteiger partial charge in [0.15, 0.2) is 4.67 Å². The first-order valence-corrected chi connectivity index (χ1v) is 4.81. The minimum Gasteiger partial charge on any atom is -0.453 e. The molecule has 0 aromatic carbocycles. The number of nitriles is 1. The Balaban J connectivity index is 2.37. The van der Waals surface area contributed by atoms with Gasteiger partial charge in [-0.05, 0) is 35.1 Å². The van der Waals surface area contributed by atoms with Crippen molar-refractivity contribution in [1.82, 2.24) is 4.90 Å². The van der Waals surface area contributed by atoms with Gasteiger partial charge in [-0.3, -0.25) is 4.90 Å². The predicted molar refractivity (Wildman–Crippen MR) is 53.0 cm³/mol. The number of halogens is 1. The third kappa shape index (κ3) is 3.62. The molecule has 3 nitrogen and oxygen atoms in total. The molecule has 70 valence electrons. The summed E-state index contributed by atoms with van der Waals surface area (Å²) < 4.78 is 6.07. The first-order valence-electron chi connectivity index (χ1n) is 4.02. The van der Waals surface area contributed by atoms with Gasteiger partial charge in [0.2, 0.25) is 0 Å². The Morgan fingerprint density at radius 2 is 2.38 bits per heavy atom. The third-order valence-corrected chi connectivity index (χ3v) is 2.09. The van der Waals surface area contributed by atoms with Gasteiger partial charge in [-0.25, -0.2) is 0 Å². The van der Waals surface area contributed by atoms with Gasteiger partial charge in [0.1, 0.15) is 5.76 Å². The molecular formula is C9H11BrN2O. The number of rotatable bonds is 4. The molecule has 0 saturated carbocycles. The van der Waals surface area contributed by atoms with Crippen molar-refractivity contribution in [3.63, 3.8) is 0 Å². The predicted octanol–water partition coefficient (Wildman–Crippen LogP) is 2.39. The Labute approximate surface area is 86.1 Å². The number of nitrogens with zero attached hydrogens (tertiary/aromatic N) is 2. The summed E-state index contributed by atoms with van der Waals surface area (Å²) in [6.45, 7) is 1.52. The number of furan rings is 1. The van der Waals surface area contributed by atoms with Gasteiger partial charge in [-0.1, -0.05) is 0 Å². The van der Waals surface area contributed by atoms with Crippen LogP contribution in [0.2, 0.25) is 0 Å². The first kappa shape index (κ1) is 10.3. The summed E-state index contributed by atoms with van der Waals surface area (Å²) in [5.41, 5.74) is 0. The normalized spacial score (nSPS) is 10.3. The molecule has 0 unspecified atom stereocenters. The Bertz CT molecular complexity index is 303. The average molecular weight is 243 g/mol. The van der Waals surface area contributed by atoms with Crippen molar-refractivity contribution < 1.29 is 4.42 Å². The van der Waals surface area contributed by atoms with Gasteiger partial charge < -0.3 is 4.42 Å². The van der Waals surface area contributed by atoms with Crippen LogP contribution in [-0.2, 0) is 6.54 Å². The maximum atomic E-state index is 8.38. The van der Waals surface area contributed by atoms with Gasteiger partial charge in [0.25, 0.3) is 0 Å². The Hall–Kier alpha value is -0.790. The Morgan fingerprint density at radius 1 is 1.62 bits per heavy atom. The van der Waals surface area contributed by atoms with E-state index in [1.165, 1.54) is 0 Å². The summed E-state index contributed by atoms with van der Waals surface area (Å²) in [5.74, 6) is 0.910. The molecule has 0 aliphatic rings. The maximum absolute atomic E-state index is 8.38. The highest BCUT2D eigenvalue weighted by atomic mass is 79.9.